The molecule has 0 amide bonds. The fourth-order valence-electron chi connectivity index (χ4n) is 2.46. The first-order chi connectivity index (χ1) is 9.69. The SMILES string of the molecule is CCn1c(Cc2ccc(O)c(F)c2)nc2ccccc21. The van der Waals surface area contributed by atoms with Gasteiger partial charge in [0.25, 0.3) is 0 Å². The van der Waals surface area contributed by atoms with Crippen molar-refractivity contribution >= 4 is 11.0 Å². The second-order valence-electron chi connectivity index (χ2n) is 4.72. The van der Waals surface area contributed by atoms with Crippen LogP contribution in [0, 0.1) is 5.82 Å². The standard InChI is InChI=1S/C16H15FN2O/c1-2-19-14-6-4-3-5-13(14)18-16(19)10-11-7-8-15(20)12(17)9-11/h3-9,20H,2,10H2,1H3. The van der Waals surface area contributed by atoms with Crippen LogP contribution in [0.4, 0.5) is 4.39 Å². The van der Waals surface area contributed by atoms with Gasteiger partial charge in [0.05, 0.1) is 11.0 Å². The topological polar surface area (TPSA) is 38.0 Å². The van der Waals surface area contributed by atoms with E-state index in [0.29, 0.717) is 6.42 Å². The molecule has 3 aromatic rings. The zero-order chi connectivity index (χ0) is 14.1. The molecule has 0 atom stereocenters. The Bertz CT molecular complexity index is 764. The number of halogens is 1. The van der Waals surface area contributed by atoms with E-state index in [9.17, 15) is 9.50 Å². The number of phenolic OH excluding ortho intramolecular Hbond substituents is 1. The van der Waals surface area contributed by atoms with Gasteiger partial charge in [-0.1, -0.05) is 18.2 Å². The lowest BCUT2D eigenvalue weighted by atomic mass is 10.1. The molecule has 1 aromatic heterocycles. The molecule has 0 aliphatic heterocycles. The second kappa shape index (κ2) is 4.96. The highest BCUT2D eigenvalue weighted by atomic mass is 19.1. The van der Waals surface area contributed by atoms with Gasteiger partial charge >= 0.3 is 0 Å². The summed E-state index contributed by atoms with van der Waals surface area (Å²) in [5.74, 6) is -0.0156. The number of phenols is 1. The molecular weight excluding hydrogens is 255 g/mol. The number of hydrogen-bond acceptors (Lipinski definition) is 2. The second-order valence-corrected chi connectivity index (χ2v) is 4.72. The third-order valence-corrected chi connectivity index (χ3v) is 3.42. The van der Waals surface area contributed by atoms with Crippen LogP contribution < -0.4 is 0 Å². The number of imidazole rings is 1. The van der Waals surface area contributed by atoms with Gasteiger partial charge in [-0.3, -0.25) is 0 Å². The minimum Gasteiger partial charge on any atom is -0.505 e. The summed E-state index contributed by atoms with van der Waals surface area (Å²) in [7, 11) is 0. The summed E-state index contributed by atoms with van der Waals surface area (Å²) in [6, 6.07) is 12.4. The highest BCUT2D eigenvalue weighted by Gasteiger charge is 2.10. The van der Waals surface area contributed by atoms with Gasteiger partial charge in [-0.2, -0.15) is 0 Å². The molecule has 0 unspecified atom stereocenters. The van der Waals surface area contributed by atoms with E-state index >= 15 is 0 Å². The van der Waals surface area contributed by atoms with Crippen LogP contribution in [0.15, 0.2) is 42.5 Å². The van der Waals surface area contributed by atoms with E-state index in [1.54, 1.807) is 6.07 Å². The van der Waals surface area contributed by atoms with Gasteiger partial charge in [0.15, 0.2) is 11.6 Å². The van der Waals surface area contributed by atoms with Crippen LogP contribution in [-0.4, -0.2) is 14.7 Å². The van der Waals surface area contributed by atoms with Crippen molar-refractivity contribution in [1.29, 1.82) is 0 Å². The fourth-order valence-corrected chi connectivity index (χ4v) is 2.46. The number of benzene rings is 2. The lowest BCUT2D eigenvalue weighted by Crippen LogP contribution is -2.02. The maximum absolute atomic E-state index is 13.4. The number of aromatic hydroxyl groups is 1. The van der Waals surface area contributed by atoms with Crippen molar-refractivity contribution in [2.45, 2.75) is 19.9 Å². The van der Waals surface area contributed by atoms with Crippen LogP contribution in [-0.2, 0) is 13.0 Å². The molecule has 0 radical (unpaired) electrons. The van der Waals surface area contributed by atoms with E-state index in [1.165, 1.54) is 12.1 Å². The molecule has 4 heteroatoms. The maximum atomic E-state index is 13.4. The van der Waals surface area contributed by atoms with Crippen molar-refractivity contribution in [1.82, 2.24) is 9.55 Å². The summed E-state index contributed by atoms with van der Waals surface area (Å²) < 4.78 is 15.5. The zero-order valence-corrected chi connectivity index (χ0v) is 11.2. The summed E-state index contributed by atoms with van der Waals surface area (Å²) in [5, 5.41) is 9.23. The summed E-state index contributed by atoms with van der Waals surface area (Å²) >= 11 is 0. The van der Waals surface area contributed by atoms with E-state index < -0.39 is 5.82 Å². The Morgan fingerprint density at radius 2 is 2.00 bits per heavy atom. The molecule has 0 fully saturated rings. The summed E-state index contributed by atoms with van der Waals surface area (Å²) in [4.78, 5) is 4.61. The molecule has 0 saturated heterocycles. The lowest BCUT2D eigenvalue weighted by Gasteiger charge is -2.06. The lowest BCUT2D eigenvalue weighted by molar-refractivity contribution is 0.432. The first kappa shape index (κ1) is 12.7. The third-order valence-electron chi connectivity index (χ3n) is 3.42. The first-order valence-electron chi connectivity index (χ1n) is 6.60. The number of nitrogens with zero attached hydrogens (tertiary/aromatic N) is 2. The molecule has 102 valence electrons. The highest BCUT2D eigenvalue weighted by Crippen LogP contribution is 2.21. The predicted octanol–water partition coefficient (Wildman–Crippen LogP) is 3.49. The van der Waals surface area contributed by atoms with Crippen molar-refractivity contribution in [2.24, 2.45) is 0 Å². The molecule has 20 heavy (non-hydrogen) atoms. The van der Waals surface area contributed by atoms with Crippen LogP contribution in [0.25, 0.3) is 11.0 Å². The van der Waals surface area contributed by atoms with E-state index in [-0.39, 0.29) is 5.75 Å². The normalized spacial score (nSPS) is 11.1. The van der Waals surface area contributed by atoms with Gasteiger partial charge in [0.2, 0.25) is 0 Å². The molecule has 1 N–H and O–H groups in total. The third kappa shape index (κ3) is 2.13. The molecule has 3 rings (SSSR count). The molecule has 0 bridgehead atoms. The molecule has 0 spiro atoms. The van der Waals surface area contributed by atoms with Crippen LogP contribution in [0.5, 0.6) is 5.75 Å². The Morgan fingerprint density at radius 3 is 2.75 bits per heavy atom. The Kier molecular flexibility index (Phi) is 3.14. The quantitative estimate of drug-likeness (QED) is 0.791. The van der Waals surface area contributed by atoms with Crippen LogP contribution in [0.2, 0.25) is 0 Å². The summed E-state index contributed by atoms with van der Waals surface area (Å²) in [6.07, 6.45) is 0.541. The molecule has 2 aromatic carbocycles. The Labute approximate surface area is 116 Å². The Morgan fingerprint density at radius 1 is 1.20 bits per heavy atom. The summed E-state index contributed by atoms with van der Waals surface area (Å²) in [6.45, 7) is 2.88. The monoisotopic (exact) mass is 270 g/mol. The van der Waals surface area contributed by atoms with Gasteiger partial charge in [-0.05, 0) is 36.8 Å². The minimum atomic E-state index is -0.596. The Hall–Kier alpha value is -2.36. The molecular formula is C16H15FN2O. The number of hydrogen-bond donors (Lipinski definition) is 1. The van der Waals surface area contributed by atoms with Crippen molar-refractivity contribution in [2.75, 3.05) is 0 Å². The van der Waals surface area contributed by atoms with Crippen molar-refractivity contribution in [3.63, 3.8) is 0 Å². The number of aromatic nitrogens is 2. The highest BCUT2D eigenvalue weighted by molar-refractivity contribution is 5.76. The van der Waals surface area contributed by atoms with Crippen molar-refractivity contribution in [3.05, 3.63) is 59.7 Å². The van der Waals surface area contributed by atoms with Crippen molar-refractivity contribution < 1.29 is 9.50 Å². The maximum Gasteiger partial charge on any atom is 0.165 e. The molecule has 1 heterocycles. The van der Waals surface area contributed by atoms with Gasteiger partial charge in [0.1, 0.15) is 5.82 Å². The minimum absolute atomic E-state index is 0.322. The van der Waals surface area contributed by atoms with E-state index in [1.807, 2.05) is 24.3 Å². The van der Waals surface area contributed by atoms with Crippen molar-refractivity contribution in [3.8, 4) is 5.75 Å². The number of para-hydroxylation sites is 2. The van der Waals surface area contributed by atoms with Crippen LogP contribution in [0.1, 0.15) is 18.3 Å². The largest absolute Gasteiger partial charge is 0.505 e. The Balaban J connectivity index is 2.03. The fraction of sp³-hybridized carbons (Fsp3) is 0.188. The molecule has 0 aliphatic carbocycles. The average Bonchev–Trinajstić information content (AvgIpc) is 2.80. The number of aryl methyl sites for hydroxylation is 1. The number of fused-ring (bicyclic) bond motifs is 1. The van der Waals surface area contributed by atoms with E-state index in [4.69, 9.17) is 0 Å². The molecule has 0 aliphatic rings. The van der Waals surface area contributed by atoms with Crippen LogP contribution >= 0.6 is 0 Å². The average molecular weight is 270 g/mol. The molecule has 3 nitrogen and oxygen atoms in total. The first-order valence-corrected chi connectivity index (χ1v) is 6.60. The zero-order valence-electron chi connectivity index (χ0n) is 11.2. The van der Waals surface area contributed by atoms with E-state index in [0.717, 1.165) is 29.0 Å². The van der Waals surface area contributed by atoms with Gasteiger partial charge in [-0.15, -0.1) is 0 Å². The van der Waals surface area contributed by atoms with Gasteiger partial charge in [0, 0.05) is 13.0 Å². The number of rotatable bonds is 3. The predicted molar refractivity (Wildman–Crippen MR) is 76.3 cm³/mol. The van der Waals surface area contributed by atoms with Gasteiger partial charge < -0.3 is 9.67 Å². The molecule has 0 saturated carbocycles. The smallest absolute Gasteiger partial charge is 0.165 e. The summed E-state index contributed by atoms with van der Waals surface area (Å²) in [5.41, 5.74) is 2.83. The van der Waals surface area contributed by atoms with Gasteiger partial charge in [-0.25, -0.2) is 9.37 Å². The van der Waals surface area contributed by atoms with E-state index in [2.05, 4.69) is 16.5 Å². The van der Waals surface area contributed by atoms with Crippen LogP contribution in [0.3, 0.4) is 0 Å².